The summed E-state index contributed by atoms with van der Waals surface area (Å²) in [7, 11) is 0. The van der Waals surface area contributed by atoms with E-state index in [2.05, 4.69) is 25.8 Å². The molecule has 2 N–H and O–H groups in total. The van der Waals surface area contributed by atoms with Crippen LogP contribution >= 0.6 is 0 Å². The van der Waals surface area contributed by atoms with Gasteiger partial charge in [0.1, 0.15) is 0 Å². The molecule has 5 rings (SSSR count). The number of amides is 1. The smallest absolute Gasteiger partial charge is 0.414 e. The molecule has 0 spiro atoms. The summed E-state index contributed by atoms with van der Waals surface area (Å²) < 4.78 is 2.23. The number of piperidine rings is 1. The molecule has 1 aliphatic heterocycles. The van der Waals surface area contributed by atoms with Crippen LogP contribution in [0.25, 0.3) is 16.7 Å². The summed E-state index contributed by atoms with van der Waals surface area (Å²) in [6.45, 7) is 2.43. The molecule has 0 saturated carbocycles. The number of imidazole rings is 1. The number of hydrogen-bond acceptors (Lipinski definition) is 6. The van der Waals surface area contributed by atoms with Gasteiger partial charge in [-0.1, -0.05) is 30.3 Å². The molecule has 1 saturated heterocycles. The van der Waals surface area contributed by atoms with Crippen molar-refractivity contribution in [3.05, 3.63) is 72.8 Å². The zero-order chi connectivity index (χ0) is 24.8. The molecule has 1 aliphatic rings. The fourth-order valence-electron chi connectivity index (χ4n) is 3.96. The molecule has 4 aromatic rings. The van der Waals surface area contributed by atoms with Gasteiger partial charge in [0, 0.05) is 19.6 Å². The molecule has 11 nitrogen and oxygen atoms in total. The van der Waals surface area contributed by atoms with Crippen LogP contribution in [0.3, 0.4) is 0 Å². The lowest BCUT2D eigenvalue weighted by Crippen LogP contribution is -2.39. The minimum absolute atomic E-state index is 0.0429. The molecular weight excluding hydrogens is 452 g/mol. The average Bonchev–Trinajstić information content (AvgIpc) is 3.53. The van der Waals surface area contributed by atoms with E-state index in [1.54, 1.807) is 6.20 Å². The highest BCUT2D eigenvalue weighted by atomic mass is 16.4. The maximum Gasteiger partial charge on any atom is 0.414 e. The van der Waals surface area contributed by atoms with Crippen LogP contribution in [0.15, 0.2) is 67.1 Å². The van der Waals surface area contributed by atoms with E-state index in [-0.39, 0.29) is 5.91 Å². The van der Waals surface area contributed by atoms with Crippen LogP contribution in [0.5, 0.6) is 0 Å². The number of likely N-dealkylation sites (tertiary alicyclic amines) is 1. The fraction of sp³-hybridized carbons (Fsp3) is 0.250. The van der Waals surface area contributed by atoms with Crippen molar-refractivity contribution in [2.45, 2.75) is 19.4 Å². The van der Waals surface area contributed by atoms with Gasteiger partial charge in [0.25, 0.3) is 5.91 Å². The number of hydrogen-bond donors (Lipinski definition) is 2. The molecule has 0 radical (unpaired) electrons. The van der Waals surface area contributed by atoms with E-state index >= 15 is 0 Å². The number of benzene rings is 2. The topological polar surface area (TPSA) is 143 Å². The Morgan fingerprint density at radius 1 is 0.914 bits per heavy atom. The lowest BCUT2D eigenvalue weighted by Gasteiger charge is -2.31. The van der Waals surface area contributed by atoms with Gasteiger partial charge >= 0.3 is 11.9 Å². The summed E-state index contributed by atoms with van der Waals surface area (Å²) in [5.41, 5.74) is 3.44. The number of aromatic nitrogens is 5. The van der Waals surface area contributed by atoms with Gasteiger partial charge in [0.2, 0.25) is 0 Å². The monoisotopic (exact) mass is 476 g/mol. The van der Waals surface area contributed by atoms with Crippen molar-refractivity contribution in [1.82, 2.24) is 29.4 Å². The Hall–Kier alpha value is -4.54. The van der Waals surface area contributed by atoms with Crippen LogP contribution in [0.1, 0.15) is 23.3 Å². The summed E-state index contributed by atoms with van der Waals surface area (Å²) in [5, 5.41) is 23.4. The van der Waals surface area contributed by atoms with E-state index in [1.807, 2.05) is 59.8 Å². The molecule has 0 aliphatic carbocycles. The molecule has 0 bridgehead atoms. The Morgan fingerprint density at radius 2 is 1.57 bits per heavy atom. The van der Waals surface area contributed by atoms with Crippen molar-refractivity contribution in [3.63, 3.8) is 0 Å². The fourth-order valence-corrected chi connectivity index (χ4v) is 3.96. The first-order valence-corrected chi connectivity index (χ1v) is 11.1. The minimum Gasteiger partial charge on any atom is -0.473 e. The SMILES string of the molecule is O=C(O)C(=O)O.O=C(c1cnn(-c2ccccc2)n1)N1CCC(Cn2cnc3ccccc32)CC1. The predicted octanol–water partition coefficient (Wildman–Crippen LogP) is 2.32. The van der Waals surface area contributed by atoms with Gasteiger partial charge in [-0.2, -0.15) is 9.90 Å². The number of carbonyl (C=O) groups excluding carboxylic acids is 1. The first-order valence-electron chi connectivity index (χ1n) is 11.1. The number of carbonyl (C=O) groups is 3. The zero-order valence-corrected chi connectivity index (χ0v) is 18.8. The second-order valence-corrected chi connectivity index (χ2v) is 8.09. The third-order valence-corrected chi connectivity index (χ3v) is 5.77. The van der Waals surface area contributed by atoms with Crippen molar-refractivity contribution in [3.8, 4) is 5.69 Å². The van der Waals surface area contributed by atoms with Crippen LogP contribution in [0, 0.1) is 5.92 Å². The third-order valence-electron chi connectivity index (χ3n) is 5.77. The second kappa shape index (κ2) is 10.6. The van der Waals surface area contributed by atoms with E-state index < -0.39 is 11.9 Å². The van der Waals surface area contributed by atoms with Crippen LogP contribution in [0.4, 0.5) is 0 Å². The van der Waals surface area contributed by atoms with Crippen molar-refractivity contribution in [2.75, 3.05) is 13.1 Å². The second-order valence-electron chi connectivity index (χ2n) is 8.09. The molecule has 3 heterocycles. The number of carboxylic acid groups (broad SMARTS) is 2. The Balaban J connectivity index is 0.000000431. The highest BCUT2D eigenvalue weighted by molar-refractivity contribution is 6.27. The van der Waals surface area contributed by atoms with Gasteiger partial charge in [0.05, 0.1) is 29.2 Å². The minimum atomic E-state index is -1.82. The van der Waals surface area contributed by atoms with Crippen molar-refractivity contribution < 1.29 is 24.6 Å². The first kappa shape index (κ1) is 23.6. The van der Waals surface area contributed by atoms with Gasteiger partial charge in [-0.3, -0.25) is 4.79 Å². The quantitative estimate of drug-likeness (QED) is 0.427. The molecule has 0 unspecified atom stereocenters. The zero-order valence-electron chi connectivity index (χ0n) is 18.8. The van der Waals surface area contributed by atoms with Crippen LogP contribution in [-0.2, 0) is 16.1 Å². The van der Waals surface area contributed by atoms with Crippen LogP contribution in [-0.4, -0.2) is 70.6 Å². The van der Waals surface area contributed by atoms with E-state index in [9.17, 15) is 4.79 Å². The number of carboxylic acids is 2. The van der Waals surface area contributed by atoms with E-state index in [0.29, 0.717) is 11.6 Å². The summed E-state index contributed by atoms with van der Waals surface area (Å²) in [6.07, 6.45) is 5.43. The molecule has 11 heteroatoms. The number of aliphatic carboxylic acids is 2. The summed E-state index contributed by atoms with van der Waals surface area (Å²) in [6, 6.07) is 17.8. The molecular formula is C24H24N6O5. The number of rotatable bonds is 4. The van der Waals surface area contributed by atoms with Crippen LogP contribution in [0.2, 0.25) is 0 Å². The maximum atomic E-state index is 12.8. The number of fused-ring (bicyclic) bond motifs is 1. The highest BCUT2D eigenvalue weighted by Gasteiger charge is 2.26. The highest BCUT2D eigenvalue weighted by Crippen LogP contribution is 2.22. The molecule has 35 heavy (non-hydrogen) atoms. The maximum absolute atomic E-state index is 12.8. The number of nitrogens with zero attached hydrogens (tertiary/aromatic N) is 6. The average molecular weight is 476 g/mol. The number of para-hydroxylation sites is 3. The van der Waals surface area contributed by atoms with Crippen molar-refractivity contribution >= 4 is 28.9 Å². The van der Waals surface area contributed by atoms with E-state index in [1.165, 1.54) is 10.3 Å². The largest absolute Gasteiger partial charge is 0.473 e. The Kier molecular flexibility index (Phi) is 7.15. The molecule has 180 valence electrons. The molecule has 2 aromatic carbocycles. The van der Waals surface area contributed by atoms with Crippen molar-refractivity contribution in [2.24, 2.45) is 5.92 Å². The normalized spacial score (nSPS) is 13.8. The first-order chi connectivity index (χ1) is 16.9. The van der Waals surface area contributed by atoms with E-state index in [4.69, 9.17) is 19.8 Å². The van der Waals surface area contributed by atoms with Gasteiger partial charge < -0.3 is 19.7 Å². The van der Waals surface area contributed by atoms with Gasteiger partial charge in [-0.05, 0) is 43.0 Å². The lowest BCUT2D eigenvalue weighted by atomic mass is 9.96. The van der Waals surface area contributed by atoms with Gasteiger partial charge in [-0.25, -0.2) is 14.6 Å². The van der Waals surface area contributed by atoms with Crippen molar-refractivity contribution in [1.29, 1.82) is 0 Å². The summed E-state index contributed by atoms with van der Waals surface area (Å²) >= 11 is 0. The summed E-state index contributed by atoms with van der Waals surface area (Å²) in [4.78, 5) is 38.9. The molecule has 0 atom stereocenters. The lowest BCUT2D eigenvalue weighted by molar-refractivity contribution is -0.159. The molecule has 1 amide bonds. The van der Waals surface area contributed by atoms with Gasteiger partial charge in [-0.15, -0.1) is 5.10 Å². The van der Waals surface area contributed by atoms with E-state index in [0.717, 1.165) is 43.7 Å². The van der Waals surface area contributed by atoms with Crippen LogP contribution < -0.4 is 0 Å². The Labute approximate surface area is 200 Å². The Morgan fingerprint density at radius 3 is 2.26 bits per heavy atom. The predicted molar refractivity (Wildman–Crippen MR) is 125 cm³/mol. The van der Waals surface area contributed by atoms with Gasteiger partial charge in [0.15, 0.2) is 5.69 Å². The molecule has 1 fully saturated rings. The standard InChI is InChI=1S/C22H22N6O.C2H2O4/c29-22(20-14-24-28(25-20)18-6-2-1-3-7-18)26-12-10-17(11-13-26)15-27-16-23-19-8-4-5-9-21(19)27;3-1(4)2(5)6/h1-9,14,16-17H,10-13,15H2;(H,3,4)(H,5,6). The third kappa shape index (κ3) is 5.69. The summed E-state index contributed by atoms with van der Waals surface area (Å²) in [5.74, 6) is -3.15. The Bertz CT molecular complexity index is 1310. The molecule has 2 aromatic heterocycles.